The van der Waals surface area contributed by atoms with Gasteiger partial charge in [-0.15, -0.1) is 21.5 Å². The van der Waals surface area contributed by atoms with Gasteiger partial charge in [0, 0.05) is 30.0 Å². The lowest BCUT2D eigenvalue weighted by molar-refractivity contribution is -0.124. The van der Waals surface area contributed by atoms with Crippen LogP contribution in [0.25, 0.3) is 4.96 Å². The second kappa shape index (κ2) is 5.06. The lowest BCUT2D eigenvalue weighted by Gasteiger charge is -2.09. The number of nitrogens with one attached hydrogen (secondary N) is 1. The summed E-state index contributed by atoms with van der Waals surface area (Å²) in [6, 6.07) is 0. The van der Waals surface area contributed by atoms with Crippen LogP contribution in [-0.2, 0) is 11.2 Å². The van der Waals surface area contributed by atoms with E-state index >= 15 is 0 Å². The van der Waals surface area contributed by atoms with Gasteiger partial charge in [-0.05, 0) is 12.8 Å². The van der Waals surface area contributed by atoms with Crippen molar-refractivity contribution in [1.82, 2.24) is 19.9 Å². The maximum Gasteiger partial charge on any atom is 0.223 e. The van der Waals surface area contributed by atoms with Crippen LogP contribution in [0.2, 0.25) is 0 Å². The molecule has 2 aromatic rings. The number of thiazole rings is 1. The van der Waals surface area contributed by atoms with Gasteiger partial charge in [0.25, 0.3) is 0 Å². The third-order valence-corrected chi connectivity index (χ3v) is 4.41. The molecule has 0 bridgehead atoms. The van der Waals surface area contributed by atoms with Gasteiger partial charge in [0.15, 0.2) is 0 Å². The number of aromatic nitrogens is 3. The lowest BCUT2D eigenvalue weighted by Crippen LogP contribution is -2.31. The molecular formula is C12H16N4OS. The third kappa shape index (κ3) is 2.25. The highest BCUT2D eigenvalue weighted by Crippen LogP contribution is 2.24. The molecule has 0 saturated heterocycles. The Labute approximate surface area is 109 Å². The van der Waals surface area contributed by atoms with Crippen LogP contribution < -0.4 is 5.32 Å². The van der Waals surface area contributed by atoms with Gasteiger partial charge >= 0.3 is 0 Å². The second-order valence-corrected chi connectivity index (χ2v) is 5.57. The summed E-state index contributed by atoms with van der Waals surface area (Å²) in [5.41, 5.74) is 1.16. The van der Waals surface area contributed by atoms with Crippen LogP contribution in [0.1, 0.15) is 31.4 Å². The smallest absolute Gasteiger partial charge is 0.223 e. The quantitative estimate of drug-likeness (QED) is 0.913. The topological polar surface area (TPSA) is 59.3 Å². The molecule has 1 aliphatic rings. The van der Waals surface area contributed by atoms with Crippen molar-refractivity contribution in [3.05, 3.63) is 17.4 Å². The first-order valence-corrected chi connectivity index (χ1v) is 7.26. The van der Waals surface area contributed by atoms with E-state index in [0.29, 0.717) is 6.54 Å². The molecule has 0 unspecified atom stereocenters. The van der Waals surface area contributed by atoms with Crippen molar-refractivity contribution in [2.45, 2.75) is 32.1 Å². The van der Waals surface area contributed by atoms with Crippen molar-refractivity contribution in [3.8, 4) is 0 Å². The Bertz CT molecular complexity index is 541. The molecule has 0 aromatic carbocycles. The zero-order valence-electron chi connectivity index (χ0n) is 10.1. The summed E-state index contributed by atoms with van der Waals surface area (Å²) < 4.78 is 1.98. The Hall–Kier alpha value is -1.43. The van der Waals surface area contributed by atoms with Crippen LogP contribution in [-0.4, -0.2) is 27.0 Å². The number of fused-ring (bicyclic) bond motifs is 1. The number of carbonyl (C=O) groups is 1. The first-order valence-electron chi connectivity index (χ1n) is 6.38. The molecule has 5 nitrogen and oxygen atoms in total. The normalized spacial score (nSPS) is 16.4. The third-order valence-electron chi connectivity index (χ3n) is 3.53. The van der Waals surface area contributed by atoms with Crippen LogP contribution >= 0.6 is 11.3 Å². The Balaban J connectivity index is 1.52. The average molecular weight is 264 g/mol. The molecule has 6 heteroatoms. The molecule has 3 rings (SSSR count). The van der Waals surface area contributed by atoms with Crippen molar-refractivity contribution in [2.24, 2.45) is 5.92 Å². The molecule has 1 aliphatic carbocycles. The molecule has 96 valence electrons. The molecule has 1 saturated carbocycles. The van der Waals surface area contributed by atoms with E-state index in [0.717, 1.165) is 29.9 Å². The Kier molecular flexibility index (Phi) is 3.27. The lowest BCUT2D eigenvalue weighted by atomic mass is 10.1. The summed E-state index contributed by atoms with van der Waals surface area (Å²) in [4.78, 5) is 12.8. The largest absolute Gasteiger partial charge is 0.355 e. The van der Waals surface area contributed by atoms with Gasteiger partial charge in [-0.1, -0.05) is 12.8 Å². The van der Waals surface area contributed by atoms with Gasteiger partial charge in [0.2, 0.25) is 10.9 Å². The fraction of sp³-hybridized carbons (Fsp3) is 0.583. The van der Waals surface area contributed by atoms with Crippen LogP contribution in [0, 0.1) is 5.92 Å². The van der Waals surface area contributed by atoms with E-state index in [-0.39, 0.29) is 11.8 Å². The van der Waals surface area contributed by atoms with E-state index in [4.69, 9.17) is 0 Å². The minimum atomic E-state index is 0.225. The number of rotatable bonds is 4. The number of carbonyl (C=O) groups excluding carboxylic acids is 1. The van der Waals surface area contributed by atoms with Gasteiger partial charge in [-0.2, -0.15) is 0 Å². The van der Waals surface area contributed by atoms with Crippen LogP contribution in [0.4, 0.5) is 0 Å². The van der Waals surface area contributed by atoms with Gasteiger partial charge in [0.05, 0.1) is 0 Å². The van der Waals surface area contributed by atoms with E-state index in [1.165, 1.54) is 12.8 Å². The van der Waals surface area contributed by atoms with Gasteiger partial charge in [-0.3, -0.25) is 9.20 Å². The Morgan fingerprint density at radius 3 is 3.17 bits per heavy atom. The molecule has 1 fully saturated rings. The van der Waals surface area contributed by atoms with Crippen molar-refractivity contribution < 1.29 is 4.79 Å². The van der Waals surface area contributed by atoms with Gasteiger partial charge < -0.3 is 5.32 Å². The summed E-state index contributed by atoms with van der Waals surface area (Å²) in [6.45, 7) is 0.694. The van der Waals surface area contributed by atoms with Crippen molar-refractivity contribution in [3.63, 3.8) is 0 Å². The van der Waals surface area contributed by atoms with E-state index in [1.54, 1.807) is 17.7 Å². The molecule has 0 atom stereocenters. The molecule has 0 spiro atoms. The molecule has 0 radical (unpaired) electrons. The van der Waals surface area contributed by atoms with Crippen molar-refractivity contribution in [1.29, 1.82) is 0 Å². The summed E-state index contributed by atoms with van der Waals surface area (Å²) in [6.07, 6.45) is 7.06. The molecule has 2 heterocycles. The van der Waals surface area contributed by atoms with E-state index in [2.05, 4.69) is 20.9 Å². The van der Waals surface area contributed by atoms with Crippen molar-refractivity contribution >= 4 is 22.2 Å². The number of nitrogens with zero attached hydrogens (tertiary/aromatic N) is 3. The van der Waals surface area contributed by atoms with Gasteiger partial charge in [0.1, 0.15) is 6.33 Å². The Morgan fingerprint density at radius 1 is 1.50 bits per heavy atom. The number of amides is 1. The SMILES string of the molecule is O=C(NCCc1csc2nncn12)C1CCCC1. The summed E-state index contributed by atoms with van der Waals surface area (Å²) in [5.74, 6) is 0.477. The minimum absolute atomic E-state index is 0.225. The van der Waals surface area contributed by atoms with Crippen LogP contribution in [0.3, 0.4) is 0 Å². The van der Waals surface area contributed by atoms with E-state index in [1.807, 2.05) is 4.40 Å². The monoisotopic (exact) mass is 264 g/mol. The maximum absolute atomic E-state index is 11.8. The average Bonchev–Trinajstić information content (AvgIpc) is 3.07. The summed E-state index contributed by atoms with van der Waals surface area (Å²) in [5, 5.41) is 13.0. The standard InChI is InChI=1S/C12H16N4OS/c17-11(9-3-1-2-4-9)13-6-5-10-7-18-12-15-14-8-16(10)12/h7-9H,1-6H2,(H,13,17). The van der Waals surface area contributed by atoms with Crippen LogP contribution in [0.15, 0.2) is 11.7 Å². The molecular weight excluding hydrogens is 248 g/mol. The first kappa shape index (κ1) is 11.6. The highest BCUT2D eigenvalue weighted by atomic mass is 32.1. The molecule has 0 aliphatic heterocycles. The Morgan fingerprint density at radius 2 is 2.33 bits per heavy atom. The second-order valence-electron chi connectivity index (χ2n) is 4.73. The van der Waals surface area contributed by atoms with Crippen molar-refractivity contribution in [2.75, 3.05) is 6.54 Å². The zero-order valence-corrected chi connectivity index (χ0v) is 10.9. The van der Waals surface area contributed by atoms with Crippen LogP contribution in [0.5, 0.6) is 0 Å². The zero-order chi connectivity index (χ0) is 12.4. The summed E-state index contributed by atoms with van der Waals surface area (Å²) >= 11 is 1.58. The number of hydrogen-bond donors (Lipinski definition) is 1. The molecule has 18 heavy (non-hydrogen) atoms. The van der Waals surface area contributed by atoms with E-state index in [9.17, 15) is 4.79 Å². The molecule has 1 N–H and O–H groups in total. The molecule has 1 amide bonds. The minimum Gasteiger partial charge on any atom is -0.355 e. The first-order chi connectivity index (χ1) is 8.84. The number of hydrogen-bond acceptors (Lipinski definition) is 4. The predicted molar refractivity (Wildman–Crippen MR) is 69.5 cm³/mol. The predicted octanol–water partition coefficient (Wildman–Crippen LogP) is 1.64. The fourth-order valence-electron chi connectivity index (χ4n) is 2.50. The fourth-order valence-corrected chi connectivity index (χ4v) is 3.35. The summed E-state index contributed by atoms with van der Waals surface area (Å²) in [7, 11) is 0. The van der Waals surface area contributed by atoms with E-state index < -0.39 is 0 Å². The molecule has 2 aromatic heterocycles. The maximum atomic E-state index is 11.8. The highest BCUT2D eigenvalue weighted by Gasteiger charge is 2.22. The van der Waals surface area contributed by atoms with Gasteiger partial charge in [-0.25, -0.2) is 0 Å². The highest BCUT2D eigenvalue weighted by molar-refractivity contribution is 7.15.